The summed E-state index contributed by atoms with van der Waals surface area (Å²) in [5, 5.41) is 0. The van der Waals surface area contributed by atoms with E-state index in [1.807, 2.05) is 37.3 Å². The number of H-pyrrole nitrogens is 1. The second-order valence-electron chi connectivity index (χ2n) is 8.08. The number of ether oxygens (including phenoxy) is 1. The third-order valence-electron chi connectivity index (χ3n) is 5.32. The number of aryl methyl sites for hydroxylation is 1. The highest BCUT2D eigenvalue weighted by atomic mass is 32.2. The molecule has 1 fully saturated rings. The third kappa shape index (κ3) is 4.65. The molecule has 0 amide bonds. The van der Waals surface area contributed by atoms with Gasteiger partial charge in [-0.25, -0.2) is 18.4 Å². The van der Waals surface area contributed by atoms with Crippen LogP contribution >= 0.6 is 0 Å². The Morgan fingerprint density at radius 2 is 2.03 bits per heavy atom. The van der Waals surface area contributed by atoms with E-state index in [4.69, 9.17) is 14.7 Å². The minimum atomic E-state index is -3.18. The van der Waals surface area contributed by atoms with Gasteiger partial charge in [0.25, 0.3) is 0 Å². The number of pyridine rings is 2. The molecule has 1 aliphatic heterocycles. The normalized spacial score (nSPS) is 17.6. The van der Waals surface area contributed by atoms with E-state index >= 15 is 0 Å². The minimum absolute atomic E-state index is 0.0240. The molecule has 0 spiro atoms. The second kappa shape index (κ2) is 8.35. The number of nitrogens with one attached hydrogen (secondary N) is 1. The number of sulfone groups is 1. The van der Waals surface area contributed by atoms with Crippen LogP contribution in [0, 0.1) is 6.92 Å². The van der Waals surface area contributed by atoms with Crippen molar-refractivity contribution in [2.75, 3.05) is 30.9 Å². The first kappa shape index (κ1) is 20.8. The van der Waals surface area contributed by atoms with Gasteiger partial charge < -0.3 is 14.6 Å². The van der Waals surface area contributed by atoms with Crippen molar-refractivity contribution in [1.82, 2.24) is 15.0 Å². The Labute approximate surface area is 177 Å². The number of aromatic amines is 1. The van der Waals surface area contributed by atoms with Crippen molar-refractivity contribution in [1.29, 1.82) is 0 Å². The fourth-order valence-electron chi connectivity index (χ4n) is 4.05. The van der Waals surface area contributed by atoms with Crippen molar-refractivity contribution in [2.24, 2.45) is 0 Å². The number of rotatable bonds is 6. The van der Waals surface area contributed by atoms with Gasteiger partial charge in [-0.3, -0.25) is 0 Å². The Morgan fingerprint density at radius 3 is 2.80 bits per heavy atom. The van der Waals surface area contributed by atoms with E-state index in [2.05, 4.69) is 16.8 Å². The molecule has 3 aromatic heterocycles. The van der Waals surface area contributed by atoms with Gasteiger partial charge in [-0.05, 0) is 49.2 Å². The van der Waals surface area contributed by atoms with Gasteiger partial charge in [0.1, 0.15) is 5.82 Å². The summed E-state index contributed by atoms with van der Waals surface area (Å²) in [7, 11) is -3.18. The highest BCUT2D eigenvalue weighted by molar-refractivity contribution is 7.89. The Morgan fingerprint density at radius 1 is 1.20 bits per heavy atom. The van der Waals surface area contributed by atoms with Gasteiger partial charge in [-0.15, -0.1) is 0 Å². The van der Waals surface area contributed by atoms with E-state index in [0.717, 1.165) is 53.2 Å². The predicted molar refractivity (Wildman–Crippen MR) is 119 cm³/mol. The van der Waals surface area contributed by atoms with E-state index in [1.165, 1.54) is 6.26 Å². The number of hydrogen-bond acceptors (Lipinski definition) is 6. The molecule has 1 atom stereocenters. The molecule has 30 heavy (non-hydrogen) atoms. The van der Waals surface area contributed by atoms with Gasteiger partial charge in [0.2, 0.25) is 0 Å². The van der Waals surface area contributed by atoms with E-state index < -0.39 is 9.84 Å². The Bertz CT molecular complexity index is 1150. The van der Waals surface area contributed by atoms with Crippen molar-refractivity contribution in [2.45, 2.75) is 38.5 Å². The van der Waals surface area contributed by atoms with Crippen LogP contribution in [0.4, 0.5) is 5.82 Å². The molecule has 1 aliphatic rings. The smallest absolute Gasteiger partial charge is 0.151 e. The number of hydrogen-bond donors (Lipinski definition) is 1. The number of fused-ring (bicyclic) bond motifs is 1. The van der Waals surface area contributed by atoms with Crippen LogP contribution in [0.2, 0.25) is 0 Å². The lowest BCUT2D eigenvalue weighted by Crippen LogP contribution is -2.46. The van der Waals surface area contributed by atoms with Crippen LogP contribution in [0.1, 0.15) is 31.0 Å². The van der Waals surface area contributed by atoms with Crippen LogP contribution in [0.15, 0.2) is 30.3 Å². The lowest BCUT2D eigenvalue weighted by molar-refractivity contribution is 0.0909. The predicted octanol–water partition coefficient (Wildman–Crippen LogP) is 3.48. The summed E-state index contributed by atoms with van der Waals surface area (Å²) in [5.74, 6) is 0.768. The zero-order valence-corrected chi connectivity index (χ0v) is 18.5. The number of morpholine rings is 1. The van der Waals surface area contributed by atoms with Crippen molar-refractivity contribution in [3.8, 4) is 11.4 Å². The summed E-state index contributed by atoms with van der Waals surface area (Å²) in [6.45, 7) is 6.19. The first-order valence-electron chi connectivity index (χ1n) is 10.3. The van der Waals surface area contributed by atoms with Gasteiger partial charge in [0.05, 0.1) is 47.4 Å². The van der Waals surface area contributed by atoms with Gasteiger partial charge in [-0.2, -0.15) is 0 Å². The zero-order valence-electron chi connectivity index (χ0n) is 17.7. The number of aromatic nitrogens is 3. The van der Waals surface area contributed by atoms with Crippen LogP contribution in [0.5, 0.6) is 0 Å². The van der Waals surface area contributed by atoms with Crippen molar-refractivity contribution in [3.63, 3.8) is 0 Å². The van der Waals surface area contributed by atoms with Crippen molar-refractivity contribution < 1.29 is 13.2 Å². The van der Waals surface area contributed by atoms with Gasteiger partial charge >= 0.3 is 0 Å². The first-order chi connectivity index (χ1) is 14.3. The molecule has 7 nitrogen and oxygen atoms in total. The van der Waals surface area contributed by atoms with Crippen LogP contribution < -0.4 is 4.90 Å². The molecule has 0 radical (unpaired) electrons. The first-order valence-corrected chi connectivity index (χ1v) is 12.4. The highest BCUT2D eigenvalue weighted by Crippen LogP contribution is 2.28. The summed E-state index contributed by atoms with van der Waals surface area (Å²) >= 11 is 0. The summed E-state index contributed by atoms with van der Waals surface area (Å²) < 4.78 is 29.7. The molecule has 0 aromatic carbocycles. The molecular weight excluding hydrogens is 400 g/mol. The summed E-state index contributed by atoms with van der Waals surface area (Å²) in [6.07, 6.45) is 3.31. The lowest BCUT2D eigenvalue weighted by atomic mass is 10.1. The van der Waals surface area contributed by atoms with Crippen LogP contribution in [0.3, 0.4) is 0 Å². The SMILES string of the molecule is CCCC1COCCN1c1cc(CS(C)(=O)=O)cc(-c2ccc3[nH]c(C)cc3n2)n1. The van der Waals surface area contributed by atoms with E-state index in [9.17, 15) is 8.42 Å². The van der Waals surface area contributed by atoms with E-state index in [-0.39, 0.29) is 11.8 Å². The molecule has 0 bridgehead atoms. The van der Waals surface area contributed by atoms with Gasteiger partial charge in [0, 0.05) is 18.5 Å². The zero-order chi connectivity index (χ0) is 21.3. The molecular formula is C22H28N4O3S. The molecule has 4 rings (SSSR count). The van der Waals surface area contributed by atoms with Crippen LogP contribution in [-0.4, -0.2) is 55.4 Å². The molecule has 8 heteroatoms. The fourth-order valence-corrected chi connectivity index (χ4v) is 4.82. The van der Waals surface area contributed by atoms with Crippen LogP contribution in [0.25, 0.3) is 22.4 Å². The quantitative estimate of drug-likeness (QED) is 0.647. The molecule has 1 N–H and O–H groups in total. The highest BCUT2D eigenvalue weighted by Gasteiger charge is 2.25. The Hall–Kier alpha value is -2.45. The minimum Gasteiger partial charge on any atom is -0.377 e. The third-order valence-corrected chi connectivity index (χ3v) is 6.17. The molecule has 1 saturated heterocycles. The maximum atomic E-state index is 12.0. The molecule has 0 aliphatic carbocycles. The van der Waals surface area contributed by atoms with Crippen LogP contribution in [-0.2, 0) is 20.3 Å². The standard InChI is InChI=1S/C22H28N4O3S/c1-4-5-17-13-29-9-8-26(17)22-12-16(14-30(3,27)28)11-21(25-22)19-7-6-18-20(24-19)10-15(2)23-18/h6-7,10-12,17,23H,4-5,8-9,13-14H2,1-3H3. The summed E-state index contributed by atoms with van der Waals surface area (Å²) in [4.78, 5) is 15.2. The maximum Gasteiger partial charge on any atom is 0.151 e. The summed E-state index contributed by atoms with van der Waals surface area (Å²) in [5.41, 5.74) is 5.04. The van der Waals surface area contributed by atoms with E-state index in [1.54, 1.807) is 0 Å². The average Bonchev–Trinajstić information content (AvgIpc) is 3.06. The Kier molecular flexibility index (Phi) is 5.79. The van der Waals surface area contributed by atoms with E-state index in [0.29, 0.717) is 18.9 Å². The lowest BCUT2D eigenvalue weighted by Gasteiger charge is -2.37. The van der Waals surface area contributed by atoms with Gasteiger partial charge in [0.15, 0.2) is 9.84 Å². The molecule has 4 heterocycles. The molecule has 0 saturated carbocycles. The molecule has 1 unspecified atom stereocenters. The second-order valence-corrected chi connectivity index (χ2v) is 10.2. The van der Waals surface area contributed by atoms with Gasteiger partial charge in [-0.1, -0.05) is 13.3 Å². The van der Waals surface area contributed by atoms with Crippen molar-refractivity contribution >= 4 is 26.7 Å². The van der Waals surface area contributed by atoms with Crippen molar-refractivity contribution in [3.05, 3.63) is 41.6 Å². The monoisotopic (exact) mass is 428 g/mol. The maximum absolute atomic E-state index is 12.0. The topological polar surface area (TPSA) is 88.2 Å². The number of nitrogens with zero attached hydrogens (tertiary/aromatic N) is 3. The fraction of sp³-hybridized carbons (Fsp3) is 0.455. The number of anilines is 1. The molecule has 160 valence electrons. The molecule has 3 aromatic rings. The summed E-state index contributed by atoms with van der Waals surface area (Å²) in [6, 6.07) is 9.89. The Balaban J connectivity index is 1.80. The average molecular weight is 429 g/mol. The largest absolute Gasteiger partial charge is 0.377 e.